The molecule has 6 nitrogen and oxygen atoms in total. The summed E-state index contributed by atoms with van der Waals surface area (Å²) in [5, 5.41) is 3.24. The fourth-order valence-corrected chi connectivity index (χ4v) is 5.54. The molecule has 0 aliphatic rings. The average molecular weight is 436 g/mol. The fraction of sp³-hybridized carbons (Fsp3) is 0.0526. The van der Waals surface area contributed by atoms with Crippen LogP contribution in [-0.2, 0) is 4.57 Å². The maximum atomic E-state index is 10.9. The third-order valence-corrected chi connectivity index (χ3v) is 7.10. The zero-order valence-corrected chi connectivity index (χ0v) is 17.7. The van der Waals surface area contributed by atoms with E-state index in [0.717, 1.165) is 15.9 Å². The Morgan fingerprint density at radius 1 is 0.750 bits per heavy atom. The van der Waals surface area contributed by atoms with Crippen molar-refractivity contribution in [1.29, 1.82) is 0 Å². The Hall–Kier alpha value is -1.77. The van der Waals surface area contributed by atoms with Crippen molar-refractivity contribution < 1.29 is 28.3 Å². The van der Waals surface area contributed by atoms with Gasteiger partial charge < -0.3 is 23.7 Å². The van der Waals surface area contributed by atoms with Crippen LogP contribution in [-0.4, -0.2) is 14.7 Å². The van der Waals surface area contributed by atoms with E-state index in [9.17, 15) is 4.57 Å². The van der Waals surface area contributed by atoms with Gasteiger partial charge in [-0.05, 0) is 55.0 Å². The second kappa shape index (κ2) is 9.62. The van der Waals surface area contributed by atoms with E-state index < -0.39 is 24.8 Å². The van der Waals surface area contributed by atoms with Crippen LogP contribution in [0.3, 0.4) is 0 Å². The lowest BCUT2D eigenvalue weighted by atomic mass is 10.2. The van der Waals surface area contributed by atoms with Crippen LogP contribution in [0.5, 0.6) is 11.5 Å². The second-order valence-corrected chi connectivity index (χ2v) is 9.51. The van der Waals surface area contributed by atoms with E-state index in [2.05, 4.69) is 24.3 Å². The van der Waals surface area contributed by atoms with Gasteiger partial charge in [0.2, 0.25) is 0 Å². The van der Waals surface area contributed by atoms with E-state index in [4.69, 9.17) is 23.7 Å². The van der Waals surface area contributed by atoms with E-state index in [0.29, 0.717) is 11.5 Å². The predicted molar refractivity (Wildman–Crippen MR) is 114 cm³/mol. The van der Waals surface area contributed by atoms with Crippen molar-refractivity contribution >= 4 is 40.7 Å². The second-order valence-electron chi connectivity index (χ2n) is 5.87. The molecular formula is C19H19O6P3. The maximum absolute atomic E-state index is 10.9. The van der Waals surface area contributed by atoms with E-state index in [1.807, 2.05) is 31.2 Å². The first-order chi connectivity index (χ1) is 13.4. The van der Waals surface area contributed by atoms with Gasteiger partial charge in [-0.25, -0.2) is 4.57 Å². The zero-order valence-electron chi connectivity index (χ0n) is 14.9. The van der Waals surface area contributed by atoms with E-state index in [1.165, 1.54) is 5.56 Å². The quantitative estimate of drug-likeness (QED) is 0.493. The SMILES string of the molecule is Cc1ccc([P@@](c2ccc(OP(O)O)cc2)c2ccc(O[PH](=O)O)cc2)cc1. The molecule has 3 N–H and O–H groups in total. The molecule has 3 rings (SSSR count). The van der Waals surface area contributed by atoms with Gasteiger partial charge in [0, 0.05) is 0 Å². The van der Waals surface area contributed by atoms with Gasteiger partial charge in [0.05, 0.1) is 0 Å². The Morgan fingerprint density at radius 3 is 1.61 bits per heavy atom. The Bertz CT molecular complexity index is 927. The van der Waals surface area contributed by atoms with Gasteiger partial charge in [-0.15, -0.1) is 0 Å². The molecule has 3 aromatic carbocycles. The van der Waals surface area contributed by atoms with Gasteiger partial charge in [-0.3, -0.25) is 0 Å². The molecule has 0 saturated heterocycles. The van der Waals surface area contributed by atoms with Crippen molar-refractivity contribution in [2.24, 2.45) is 0 Å². The first-order valence-electron chi connectivity index (χ1n) is 8.26. The minimum absolute atomic E-state index is 0.344. The van der Waals surface area contributed by atoms with Crippen LogP contribution in [0, 0.1) is 6.92 Å². The zero-order chi connectivity index (χ0) is 20.1. The lowest BCUT2D eigenvalue weighted by Gasteiger charge is -2.20. The van der Waals surface area contributed by atoms with Gasteiger partial charge >= 0.3 is 16.9 Å². The standard InChI is InChI=1S/C19H19O6P3/c1-14-2-8-17(9-3-14)26(18-10-4-15(5-11-18)24-27(20)21)19-12-6-16(7-13-19)25-28(22)23/h2-13,20-21,28H,1H3,(H,22,23)/t26-/m0/s1. The molecule has 0 spiro atoms. The summed E-state index contributed by atoms with van der Waals surface area (Å²) in [7, 11) is -6.38. The Balaban J connectivity index is 1.98. The highest BCUT2D eigenvalue weighted by atomic mass is 31.2. The van der Waals surface area contributed by atoms with E-state index in [-0.39, 0.29) is 0 Å². The Morgan fingerprint density at radius 2 is 1.18 bits per heavy atom. The van der Waals surface area contributed by atoms with Gasteiger partial charge in [0.15, 0.2) is 0 Å². The van der Waals surface area contributed by atoms with Crippen LogP contribution in [0.2, 0.25) is 0 Å². The molecule has 0 bridgehead atoms. The molecule has 0 radical (unpaired) electrons. The van der Waals surface area contributed by atoms with Crippen LogP contribution in [0.25, 0.3) is 0 Å². The molecule has 0 amide bonds. The molecule has 146 valence electrons. The normalized spacial score (nSPS) is 13.2. The minimum Gasteiger partial charge on any atom is -0.427 e. The largest absolute Gasteiger partial charge is 0.427 e. The van der Waals surface area contributed by atoms with Crippen LogP contribution < -0.4 is 25.0 Å². The molecule has 0 aliphatic heterocycles. The molecule has 28 heavy (non-hydrogen) atoms. The molecule has 2 atom stereocenters. The van der Waals surface area contributed by atoms with Crippen molar-refractivity contribution in [3.63, 3.8) is 0 Å². The summed E-state index contributed by atoms with van der Waals surface area (Å²) in [5.74, 6) is 0.729. The molecule has 0 heterocycles. The third-order valence-electron chi connectivity index (χ3n) is 3.87. The summed E-state index contributed by atoms with van der Waals surface area (Å²) in [4.78, 5) is 27.0. The molecule has 0 fully saturated rings. The molecule has 3 aromatic rings. The summed E-state index contributed by atoms with van der Waals surface area (Å²) < 4.78 is 20.7. The number of hydrogen-bond donors (Lipinski definition) is 3. The van der Waals surface area contributed by atoms with Crippen molar-refractivity contribution in [3.05, 3.63) is 78.4 Å². The van der Waals surface area contributed by atoms with Gasteiger partial charge in [0.1, 0.15) is 11.5 Å². The Labute approximate surface area is 166 Å². The van der Waals surface area contributed by atoms with Crippen molar-refractivity contribution in [1.82, 2.24) is 0 Å². The highest BCUT2D eigenvalue weighted by Crippen LogP contribution is 2.35. The third kappa shape index (κ3) is 5.62. The van der Waals surface area contributed by atoms with E-state index >= 15 is 0 Å². The molecule has 1 unspecified atom stereocenters. The summed E-state index contributed by atoms with van der Waals surface area (Å²) in [6.45, 7) is 2.03. The summed E-state index contributed by atoms with van der Waals surface area (Å²) in [6, 6.07) is 22.6. The van der Waals surface area contributed by atoms with E-state index in [1.54, 1.807) is 24.3 Å². The summed E-state index contributed by atoms with van der Waals surface area (Å²) in [5.41, 5.74) is 1.17. The summed E-state index contributed by atoms with van der Waals surface area (Å²) in [6.07, 6.45) is 0. The number of aryl methyl sites for hydroxylation is 1. The maximum Gasteiger partial charge on any atom is 0.391 e. The molecule has 0 saturated carbocycles. The monoisotopic (exact) mass is 436 g/mol. The van der Waals surface area contributed by atoms with Crippen molar-refractivity contribution in [2.75, 3.05) is 0 Å². The van der Waals surface area contributed by atoms with Crippen molar-refractivity contribution in [3.8, 4) is 11.5 Å². The van der Waals surface area contributed by atoms with Gasteiger partial charge in [-0.1, -0.05) is 54.1 Å². The average Bonchev–Trinajstić information content (AvgIpc) is 2.65. The number of hydrogen-bond acceptors (Lipinski definition) is 5. The Kier molecular flexibility index (Phi) is 7.20. The first-order valence-corrected chi connectivity index (χ1v) is 12.0. The predicted octanol–water partition coefficient (Wildman–Crippen LogP) is 3.10. The summed E-state index contributed by atoms with van der Waals surface area (Å²) >= 11 is 0. The lowest BCUT2D eigenvalue weighted by Crippen LogP contribution is -2.20. The highest BCUT2D eigenvalue weighted by molar-refractivity contribution is 7.79. The topological polar surface area (TPSA) is 96.2 Å². The molecule has 0 aromatic heterocycles. The van der Waals surface area contributed by atoms with Crippen LogP contribution in [0.15, 0.2) is 72.8 Å². The molecule has 0 aliphatic carbocycles. The smallest absolute Gasteiger partial charge is 0.391 e. The number of benzene rings is 3. The molecule has 9 heteroatoms. The van der Waals surface area contributed by atoms with Gasteiger partial charge in [0.25, 0.3) is 0 Å². The number of rotatable bonds is 7. The fourth-order valence-electron chi connectivity index (χ4n) is 2.66. The first kappa shape index (κ1) is 21.0. The lowest BCUT2D eigenvalue weighted by molar-refractivity contribution is 0.375. The van der Waals surface area contributed by atoms with Crippen LogP contribution >= 0.6 is 24.8 Å². The highest BCUT2D eigenvalue weighted by Gasteiger charge is 2.17. The van der Waals surface area contributed by atoms with Crippen LogP contribution in [0.4, 0.5) is 0 Å². The minimum atomic E-state index is -3.04. The van der Waals surface area contributed by atoms with Crippen LogP contribution in [0.1, 0.15) is 5.56 Å². The molecular weight excluding hydrogens is 417 g/mol. The van der Waals surface area contributed by atoms with Crippen molar-refractivity contribution in [2.45, 2.75) is 6.92 Å². The van der Waals surface area contributed by atoms with Gasteiger partial charge in [-0.2, -0.15) is 0 Å².